The van der Waals surface area contributed by atoms with Crippen LogP contribution in [0.2, 0.25) is 0 Å². The van der Waals surface area contributed by atoms with Crippen LogP contribution in [0.5, 0.6) is 0 Å². The van der Waals surface area contributed by atoms with E-state index in [4.69, 9.17) is 0 Å². The zero-order valence-corrected chi connectivity index (χ0v) is 15.0. The highest BCUT2D eigenvalue weighted by Crippen LogP contribution is 2.14. The first-order chi connectivity index (χ1) is 12.1. The van der Waals surface area contributed by atoms with E-state index in [1.54, 1.807) is 16.7 Å². The lowest BCUT2D eigenvalue weighted by Gasteiger charge is -2.24. The average Bonchev–Trinajstić information content (AvgIpc) is 2.63. The second-order valence-corrected chi connectivity index (χ2v) is 5.97. The molecular formula is C21H26N2O2. The lowest BCUT2D eigenvalue weighted by molar-refractivity contribution is -0.129. The lowest BCUT2D eigenvalue weighted by Crippen LogP contribution is -2.37. The van der Waals surface area contributed by atoms with E-state index in [1.807, 2.05) is 55.5 Å². The van der Waals surface area contributed by atoms with Crippen molar-refractivity contribution in [2.24, 2.45) is 0 Å². The maximum atomic E-state index is 12.6. The Morgan fingerprint density at radius 2 is 1.48 bits per heavy atom. The molecule has 0 bridgehead atoms. The molecule has 0 N–H and O–H groups in total. The molecule has 2 aromatic carbocycles. The first kappa shape index (κ1) is 18.7. The Morgan fingerprint density at radius 3 is 2.04 bits per heavy atom. The van der Waals surface area contributed by atoms with Crippen molar-refractivity contribution in [3.8, 4) is 0 Å². The molecule has 0 heterocycles. The number of para-hydroxylation sites is 1. The minimum Gasteiger partial charge on any atom is -0.342 e. The van der Waals surface area contributed by atoms with Crippen LogP contribution in [0.15, 0.2) is 60.7 Å². The highest BCUT2D eigenvalue weighted by molar-refractivity contribution is 5.93. The van der Waals surface area contributed by atoms with Crippen molar-refractivity contribution in [3.05, 3.63) is 66.2 Å². The molecule has 25 heavy (non-hydrogen) atoms. The minimum absolute atomic E-state index is 0.00601. The van der Waals surface area contributed by atoms with Crippen LogP contribution < -0.4 is 4.90 Å². The van der Waals surface area contributed by atoms with Crippen molar-refractivity contribution in [3.63, 3.8) is 0 Å². The second kappa shape index (κ2) is 9.62. The molecule has 2 rings (SSSR count). The third kappa shape index (κ3) is 5.75. The maximum absolute atomic E-state index is 12.6. The van der Waals surface area contributed by atoms with Gasteiger partial charge in [0.15, 0.2) is 0 Å². The minimum atomic E-state index is 0.00601. The number of hydrogen-bond donors (Lipinski definition) is 0. The van der Waals surface area contributed by atoms with Gasteiger partial charge in [-0.3, -0.25) is 9.59 Å². The molecule has 0 saturated carbocycles. The van der Waals surface area contributed by atoms with E-state index >= 15 is 0 Å². The van der Waals surface area contributed by atoms with Crippen molar-refractivity contribution in [2.75, 3.05) is 24.5 Å². The Morgan fingerprint density at radius 1 is 0.880 bits per heavy atom. The first-order valence-corrected chi connectivity index (χ1v) is 8.76. The standard InChI is InChI=1S/C21H26N2O2/c1-3-23(20-12-8-5-9-13-20)21(25)15-17-22(18(2)24)16-14-19-10-6-4-7-11-19/h4-13H,3,14-17H2,1-2H3. The Bertz CT molecular complexity index is 671. The lowest BCUT2D eigenvalue weighted by atomic mass is 10.1. The number of anilines is 1. The number of carbonyl (C=O) groups excluding carboxylic acids is 2. The smallest absolute Gasteiger partial charge is 0.228 e. The van der Waals surface area contributed by atoms with Gasteiger partial charge in [0.05, 0.1) is 0 Å². The molecule has 0 saturated heterocycles. The van der Waals surface area contributed by atoms with Crippen LogP contribution in [0.25, 0.3) is 0 Å². The Balaban J connectivity index is 1.91. The van der Waals surface area contributed by atoms with Gasteiger partial charge in [0.1, 0.15) is 0 Å². The molecule has 4 heteroatoms. The number of amides is 2. The zero-order chi connectivity index (χ0) is 18.1. The number of rotatable bonds is 8. The molecule has 132 valence electrons. The van der Waals surface area contributed by atoms with E-state index in [-0.39, 0.29) is 11.8 Å². The molecule has 0 aliphatic heterocycles. The van der Waals surface area contributed by atoms with Gasteiger partial charge in [0.25, 0.3) is 0 Å². The number of benzene rings is 2. The van der Waals surface area contributed by atoms with Crippen molar-refractivity contribution < 1.29 is 9.59 Å². The predicted molar refractivity (Wildman–Crippen MR) is 101 cm³/mol. The van der Waals surface area contributed by atoms with Gasteiger partial charge >= 0.3 is 0 Å². The molecule has 4 nitrogen and oxygen atoms in total. The number of carbonyl (C=O) groups is 2. The number of nitrogens with zero attached hydrogens (tertiary/aromatic N) is 2. The summed E-state index contributed by atoms with van der Waals surface area (Å²) in [5.41, 5.74) is 2.09. The summed E-state index contributed by atoms with van der Waals surface area (Å²) in [5.74, 6) is 0.0474. The fourth-order valence-corrected chi connectivity index (χ4v) is 2.81. The second-order valence-electron chi connectivity index (χ2n) is 5.97. The van der Waals surface area contributed by atoms with Crippen molar-refractivity contribution in [1.29, 1.82) is 0 Å². The maximum Gasteiger partial charge on any atom is 0.228 e. The third-order valence-corrected chi connectivity index (χ3v) is 4.24. The van der Waals surface area contributed by atoms with Crippen LogP contribution in [0.3, 0.4) is 0 Å². The van der Waals surface area contributed by atoms with E-state index in [9.17, 15) is 9.59 Å². The van der Waals surface area contributed by atoms with E-state index < -0.39 is 0 Å². The summed E-state index contributed by atoms with van der Waals surface area (Å²) in [6.07, 6.45) is 1.13. The molecule has 0 radical (unpaired) electrons. The molecule has 0 spiro atoms. The van der Waals surface area contributed by atoms with Gasteiger partial charge in [-0.15, -0.1) is 0 Å². The van der Waals surface area contributed by atoms with Crippen LogP contribution in [0, 0.1) is 0 Å². The normalized spacial score (nSPS) is 10.3. The fraction of sp³-hybridized carbons (Fsp3) is 0.333. The molecule has 2 aromatic rings. The monoisotopic (exact) mass is 338 g/mol. The first-order valence-electron chi connectivity index (χ1n) is 8.76. The van der Waals surface area contributed by atoms with Gasteiger partial charge in [0.2, 0.25) is 11.8 Å². The average molecular weight is 338 g/mol. The SMILES string of the molecule is CCN(C(=O)CCN(CCc1ccccc1)C(C)=O)c1ccccc1. The van der Waals surface area contributed by atoms with E-state index in [0.29, 0.717) is 26.1 Å². The van der Waals surface area contributed by atoms with Gasteiger partial charge in [-0.05, 0) is 31.0 Å². The van der Waals surface area contributed by atoms with Crippen molar-refractivity contribution in [1.82, 2.24) is 4.90 Å². The molecule has 2 amide bonds. The summed E-state index contributed by atoms with van der Waals surface area (Å²) in [5, 5.41) is 0. The summed E-state index contributed by atoms with van der Waals surface area (Å²) in [6, 6.07) is 19.7. The predicted octanol–water partition coefficient (Wildman–Crippen LogP) is 3.52. The van der Waals surface area contributed by atoms with Crippen molar-refractivity contribution >= 4 is 17.5 Å². The molecule has 0 fully saturated rings. The summed E-state index contributed by atoms with van der Waals surface area (Å²) >= 11 is 0. The van der Waals surface area contributed by atoms with Gasteiger partial charge < -0.3 is 9.80 Å². The van der Waals surface area contributed by atoms with Crippen LogP contribution in [-0.2, 0) is 16.0 Å². The van der Waals surface area contributed by atoms with Gasteiger partial charge in [-0.2, -0.15) is 0 Å². The molecule has 0 aliphatic carbocycles. The molecule has 0 atom stereocenters. The largest absolute Gasteiger partial charge is 0.342 e. The highest BCUT2D eigenvalue weighted by atomic mass is 16.2. The molecule has 0 aliphatic rings. The van der Waals surface area contributed by atoms with E-state index in [1.165, 1.54) is 5.56 Å². The summed E-state index contributed by atoms with van der Waals surface area (Å²) in [7, 11) is 0. The summed E-state index contributed by atoms with van der Waals surface area (Å²) in [4.78, 5) is 28.0. The number of hydrogen-bond acceptors (Lipinski definition) is 2. The van der Waals surface area contributed by atoms with Crippen LogP contribution in [-0.4, -0.2) is 36.3 Å². The van der Waals surface area contributed by atoms with Crippen molar-refractivity contribution in [2.45, 2.75) is 26.7 Å². The fourth-order valence-electron chi connectivity index (χ4n) is 2.81. The van der Waals surface area contributed by atoms with Crippen LogP contribution in [0.4, 0.5) is 5.69 Å². The Labute approximate surface area is 150 Å². The van der Waals surface area contributed by atoms with Gasteiger partial charge in [-0.25, -0.2) is 0 Å². The summed E-state index contributed by atoms with van der Waals surface area (Å²) in [6.45, 7) is 5.22. The molecule has 0 aromatic heterocycles. The molecule has 0 unspecified atom stereocenters. The zero-order valence-electron chi connectivity index (χ0n) is 15.0. The van der Waals surface area contributed by atoms with Gasteiger partial charge in [-0.1, -0.05) is 48.5 Å². The Kier molecular flexibility index (Phi) is 7.20. The quantitative estimate of drug-likeness (QED) is 0.739. The highest BCUT2D eigenvalue weighted by Gasteiger charge is 2.16. The van der Waals surface area contributed by atoms with E-state index in [2.05, 4.69) is 12.1 Å². The Hall–Kier alpha value is -2.62. The van der Waals surface area contributed by atoms with Crippen LogP contribution in [0.1, 0.15) is 25.8 Å². The van der Waals surface area contributed by atoms with E-state index in [0.717, 1.165) is 12.1 Å². The topological polar surface area (TPSA) is 40.6 Å². The van der Waals surface area contributed by atoms with Gasteiger partial charge in [0, 0.05) is 38.7 Å². The van der Waals surface area contributed by atoms with Crippen LogP contribution >= 0.6 is 0 Å². The summed E-state index contributed by atoms with van der Waals surface area (Å²) < 4.78 is 0. The third-order valence-electron chi connectivity index (χ3n) is 4.24. The molecular weight excluding hydrogens is 312 g/mol.